The van der Waals surface area contributed by atoms with Crippen LogP contribution in [0, 0.1) is 0 Å². The molecule has 1 aromatic carbocycles. The Hall–Kier alpha value is -0.910. The van der Waals surface area contributed by atoms with Crippen molar-refractivity contribution in [3.63, 3.8) is 0 Å². The maximum Gasteiger partial charge on any atom is 0.119 e. The number of hydrogen-bond acceptors (Lipinski definition) is 5. The van der Waals surface area contributed by atoms with Crippen molar-refractivity contribution in [2.75, 3.05) is 43.8 Å². The lowest BCUT2D eigenvalue weighted by Gasteiger charge is -2.23. The van der Waals surface area contributed by atoms with Crippen molar-refractivity contribution >= 4 is 17.6 Å². The second-order valence-electron chi connectivity index (χ2n) is 5.39. The molecule has 1 aromatic rings. The van der Waals surface area contributed by atoms with E-state index >= 15 is 0 Å². The molecular weight excluding hydrogens is 296 g/mol. The van der Waals surface area contributed by atoms with Crippen LogP contribution in [0.15, 0.2) is 24.3 Å². The van der Waals surface area contributed by atoms with Crippen molar-refractivity contribution in [3.05, 3.63) is 24.3 Å². The molecule has 126 valence electrons. The normalized spacial score (nSPS) is 12.5. The first-order valence-corrected chi connectivity index (χ1v) is 9.20. The highest BCUT2D eigenvalue weighted by Crippen LogP contribution is 2.22. The lowest BCUT2D eigenvalue weighted by atomic mass is 10.2. The largest absolute Gasteiger partial charge is 0.491 e. The van der Waals surface area contributed by atoms with Crippen LogP contribution in [0.4, 0.5) is 5.69 Å². The van der Waals surface area contributed by atoms with Crippen molar-refractivity contribution in [2.24, 2.45) is 0 Å². The van der Waals surface area contributed by atoms with Gasteiger partial charge in [0.2, 0.25) is 0 Å². The first-order valence-electron chi connectivity index (χ1n) is 8.01. The summed E-state index contributed by atoms with van der Waals surface area (Å²) in [5.74, 6) is 0.800. The fraction of sp³-hybridized carbons (Fsp3) is 0.647. The van der Waals surface area contributed by atoms with E-state index < -0.39 is 6.10 Å². The molecule has 0 fully saturated rings. The number of rotatable bonds is 11. The molecule has 0 saturated carbocycles. The van der Waals surface area contributed by atoms with E-state index in [0.29, 0.717) is 13.2 Å². The number of aliphatic hydroxyl groups is 1. The summed E-state index contributed by atoms with van der Waals surface area (Å²) < 4.78 is 7.77. The fourth-order valence-corrected chi connectivity index (χ4v) is 2.49. The molecule has 0 saturated heterocycles. The maximum absolute atomic E-state index is 10.1. The Kier molecular flexibility index (Phi) is 9.36. The summed E-state index contributed by atoms with van der Waals surface area (Å²) in [6, 6.07) is 7.95. The molecule has 0 aliphatic carbocycles. The van der Waals surface area contributed by atoms with Gasteiger partial charge in [0.15, 0.2) is 0 Å². The molecule has 1 atom stereocenters. The Morgan fingerprint density at radius 3 is 2.45 bits per heavy atom. The first kappa shape index (κ1) is 19.1. The van der Waals surface area contributed by atoms with Crippen molar-refractivity contribution < 1.29 is 9.84 Å². The molecular formula is C17H30N2O2S. The molecule has 1 N–H and O–H groups in total. The van der Waals surface area contributed by atoms with Gasteiger partial charge < -0.3 is 19.0 Å². The number of nitrogens with zero attached hydrogens (tertiary/aromatic N) is 2. The zero-order valence-corrected chi connectivity index (χ0v) is 15.1. The van der Waals surface area contributed by atoms with Crippen molar-refractivity contribution in [3.8, 4) is 5.75 Å². The highest BCUT2D eigenvalue weighted by molar-refractivity contribution is 7.99. The molecule has 22 heavy (non-hydrogen) atoms. The van der Waals surface area contributed by atoms with Crippen molar-refractivity contribution in [1.29, 1.82) is 0 Å². The number of anilines is 1. The van der Waals surface area contributed by atoms with Crippen LogP contribution in [-0.4, -0.2) is 55.7 Å². The second kappa shape index (κ2) is 10.8. The minimum absolute atomic E-state index is 0.334. The summed E-state index contributed by atoms with van der Waals surface area (Å²) in [6.07, 6.45) is 3.94. The molecule has 1 unspecified atom stereocenters. The standard InChI is InChI=1S/C17H30N2O2S/c1-5-7-12-19(6-2)13-16(20)14-21-17-10-8-15(9-11-17)18(3)22-4/h8-11,16,20H,5-7,12-14H2,1-4H3. The molecule has 0 aromatic heterocycles. The van der Waals surface area contributed by atoms with Gasteiger partial charge in [-0.15, -0.1) is 0 Å². The smallest absolute Gasteiger partial charge is 0.119 e. The molecule has 0 radical (unpaired) electrons. The van der Waals surface area contributed by atoms with Gasteiger partial charge in [-0.05, 0) is 43.8 Å². The van der Waals surface area contributed by atoms with Crippen molar-refractivity contribution in [1.82, 2.24) is 4.90 Å². The first-order chi connectivity index (χ1) is 10.6. The third-order valence-corrected chi connectivity index (χ3v) is 4.42. The van der Waals surface area contributed by atoms with Crippen LogP contribution < -0.4 is 9.04 Å². The van der Waals surface area contributed by atoms with E-state index in [4.69, 9.17) is 4.74 Å². The van der Waals surface area contributed by atoms with E-state index in [-0.39, 0.29) is 0 Å². The average molecular weight is 327 g/mol. The van der Waals surface area contributed by atoms with Gasteiger partial charge in [-0.25, -0.2) is 0 Å². The Bertz CT molecular complexity index is 400. The van der Waals surface area contributed by atoms with E-state index in [1.54, 1.807) is 11.9 Å². The predicted octanol–water partition coefficient (Wildman–Crippen LogP) is 3.26. The Morgan fingerprint density at radius 2 is 1.91 bits per heavy atom. The number of benzene rings is 1. The number of likely N-dealkylation sites (N-methyl/N-ethyl adjacent to an activating group) is 1. The van der Waals surface area contributed by atoms with Gasteiger partial charge in [-0.3, -0.25) is 0 Å². The molecule has 5 heteroatoms. The zero-order valence-electron chi connectivity index (χ0n) is 14.3. The predicted molar refractivity (Wildman–Crippen MR) is 96.9 cm³/mol. The van der Waals surface area contributed by atoms with E-state index in [0.717, 1.165) is 24.5 Å². The molecule has 0 amide bonds. The zero-order chi connectivity index (χ0) is 16.4. The van der Waals surface area contributed by atoms with Gasteiger partial charge in [-0.2, -0.15) is 0 Å². The van der Waals surface area contributed by atoms with Crippen LogP contribution in [0.25, 0.3) is 0 Å². The lowest BCUT2D eigenvalue weighted by Crippen LogP contribution is -2.36. The molecule has 0 heterocycles. The third-order valence-electron chi connectivity index (χ3n) is 3.66. The molecule has 1 rings (SSSR count). The summed E-state index contributed by atoms with van der Waals surface area (Å²) in [7, 11) is 2.03. The molecule has 0 aliphatic rings. The highest BCUT2D eigenvalue weighted by Gasteiger charge is 2.11. The highest BCUT2D eigenvalue weighted by atomic mass is 32.2. The van der Waals surface area contributed by atoms with Crippen LogP contribution in [0.1, 0.15) is 26.7 Å². The molecule has 0 aliphatic heterocycles. The lowest BCUT2D eigenvalue weighted by molar-refractivity contribution is 0.0694. The topological polar surface area (TPSA) is 35.9 Å². The number of hydrogen-bond donors (Lipinski definition) is 1. The van der Waals surface area contributed by atoms with Crippen LogP contribution in [0.2, 0.25) is 0 Å². The summed E-state index contributed by atoms with van der Waals surface area (Å²) in [4.78, 5) is 2.27. The number of ether oxygens (including phenoxy) is 1. The van der Waals surface area contributed by atoms with Crippen LogP contribution in [0.5, 0.6) is 5.75 Å². The minimum Gasteiger partial charge on any atom is -0.491 e. The number of aliphatic hydroxyl groups excluding tert-OH is 1. The van der Waals surface area contributed by atoms with E-state index in [9.17, 15) is 5.11 Å². The molecule has 0 bridgehead atoms. The van der Waals surface area contributed by atoms with Gasteiger partial charge in [0.1, 0.15) is 18.5 Å². The SMILES string of the molecule is CCCCN(CC)CC(O)COc1ccc(N(C)SC)cc1. The summed E-state index contributed by atoms with van der Waals surface area (Å²) in [5.41, 5.74) is 1.14. The van der Waals surface area contributed by atoms with E-state index in [1.165, 1.54) is 12.8 Å². The van der Waals surface area contributed by atoms with Gasteiger partial charge in [0.05, 0.1) is 0 Å². The van der Waals surface area contributed by atoms with Gasteiger partial charge >= 0.3 is 0 Å². The quantitative estimate of drug-likeness (QED) is 0.632. The van der Waals surface area contributed by atoms with E-state index in [2.05, 4.69) is 23.1 Å². The van der Waals surface area contributed by atoms with Gasteiger partial charge in [0.25, 0.3) is 0 Å². The molecule has 0 spiro atoms. The fourth-order valence-electron chi connectivity index (χ4n) is 2.16. The van der Waals surface area contributed by atoms with Crippen molar-refractivity contribution in [2.45, 2.75) is 32.8 Å². The van der Waals surface area contributed by atoms with Crippen LogP contribution >= 0.6 is 11.9 Å². The monoisotopic (exact) mass is 326 g/mol. The van der Waals surface area contributed by atoms with Gasteiger partial charge in [-0.1, -0.05) is 32.2 Å². The second-order valence-corrected chi connectivity index (χ2v) is 6.30. The maximum atomic E-state index is 10.1. The summed E-state index contributed by atoms with van der Waals surface area (Å²) in [5, 5.41) is 10.1. The average Bonchev–Trinajstić information content (AvgIpc) is 2.56. The Labute approximate surface area is 139 Å². The minimum atomic E-state index is -0.453. The Morgan fingerprint density at radius 1 is 1.23 bits per heavy atom. The summed E-state index contributed by atoms with van der Waals surface area (Å²) >= 11 is 1.66. The summed E-state index contributed by atoms with van der Waals surface area (Å²) in [6.45, 7) is 7.33. The third kappa shape index (κ3) is 6.90. The molecule has 4 nitrogen and oxygen atoms in total. The Balaban J connectivity index is 2.38. The van der Waals surface area contributed by atoms with Crippen LogP contribution in [-0.2, 0) is 0 Å². The van der Waals surface area contributed by atoms with Crippen LogP contribution in [0.3, 0.4) is 0 Å². The number of unbranched alkanes of at least 4 members (excludes halogenated alkanes) is 1. The van der Waals surface area contributed by atoms with E-state index in [1.807, 2.05) is 37.6 Å². The van der Waals surface area contributed by atoms with Gasteiger partial charge in [0, 0.05) is 25.5 Å².